The number of methoxy groups -OCH3 is 2. The maximum absolute atomic E-state index is 12.9. The molecule has 1 aliphatic rings. The van der Waals surface area contributed by atoms with Crippen LogP contribution in [0, 0.1) is 5.92 Å². The molecule has 2 aromatic heterocycles. The molecule has 5 aromatic rings. The van der Waals surface area contributed by atoms with Gasteiger partial charge in [-0.1, -0.05) is 29.8 Å². The highest BCUT2D eigenvalue weighted by Gasteiger charge is 2.30. The molecule has 0 fully saturated rings. The number of nitrogens with one attached hydrogen (secondary N) is 1. The van der Waals surface area contributed by atoms with Crippen molar-refractivity contribution in [2.24, 2.45) is 5.92 Å². The van der Waals surface area contributed by atoms with Crippen LogP contribution in [0.1, 0.15) is 60.4 Å². The Morgan fingerprint density at radius 1 is 1.07 bits per heavy atom. The van der Waals surface area contributed by atoms with Gasteiger partial charge in [-0.15, -0.1) is 0 Å². The van der Waals surface area contributed by atoms with Gasteiger partial charge in [0.1, 0.15) is 18.4 Å². The van der Waals surface area contributed by atoms with Crippen molar-refractivity contribution in [1.82, 2.24) is 19.7 Å². The topological polar surface area (TPSA) is 100 Å². The van der Waals surface area contributed by atoms with Gasteiger partial charge in [0.15, 0.2) is 11.5 Å². The summed E-state index contributed by atoms with van der Waals surface area (Å²) >= 11 is 6.44. The first-order valence-corrected chi connectivity index (χ1v) is 16.1. The molecule has 0 radical (unpaired) electrons. The van der Waals surface area contributed by atoms with Crippen LogP contribution in [0.3, 0.4) is 0 Å². The molecule has 10 heteroatoms. The molecule has 0 spiro atoms. The van der Waals surface area contributed by atoms with E-state index >= 15 is 0 Å². The molecule has 2 unspecified atom stereocenters. The molecule has 240 valence electrons. The second kappa shape index (κ2) is 14.8. The summed E-state index contributed by atoms with van der Waals surface area (Å²) in [5, 5.41) is 6.02. The van der Waals surface area contributed by atoms with E-state index in [0.717, 1.165) is 65.7 Å². The number of hydrogen-bond donors (Lipinski definition) is 1. The van der Waals surface area contributed by atoms with E-state index in [4.69, 9.17) is 30.5 Å². The number of benzene rings is 3. The van der Waals surface area contributed by atoms with Gasteiger partial charge in [-0.25, -0.2) is 4.98 Å². The molecule has 3 aromatic carbocycles. The number of nitrogens with zero attached hydrogens (tertiary/aromatic N) is 3. The first kappa shape index (κ1) is 31.6. The van der Waals surface area contributed by atoms with Gasteiger partial charge < -0.3 is 23.9 Å². The number of fused-ring (bicyclic) bond motifs is 3. The van der Waals surface area contributed by atoms with E-state index in [1.54, 1.807) is 25.2 Å². The molecule has 9 nitrogen and oxygen atoms in total. The average Bonchev–Trinajstić information content (AvgIpc) is 3.67. The van der Waals surface area contributed by atoms with E-state index < -0.39 is 0 Å². The van der Waals surface area contributed by atoms with Gasteiger partial charge in [0.2, 0.25) is 0 Å². The van der Waals surface area contributed by atoms with E-state index in [9.17, 15) is 4.79 Å². The summed E-state index contributed by atoms with van der Waals surface area (Å²) in [4.78, 5) is 20.6. The molecule has 0 bridgehead atoms. The summed E-state index contributed by atoms with van der Waals surface area (Å²) < 4.78 is 24.5. The van der Waals surface area contributed by atoms with Gasteiger partial charge in [-0.05, 0) is 90.8 Å². The zero-order valence-corrected chi connectivity index (χ0v) is 27.0. The number of esters is 1. The first-order chi connectivity index (χ1) is 22.5. The monoisotopic (exact) mass is 642 g/mol. The number of aryl methyl sites for hydroxylation is 2. The number of aromatic amines is 1. The minimum Gasteiger partial charge on any atom is -0.493 e. The van der Waals surface area contributed by atoms with Gasteiger partial charge in [0, 0.05) is 54.0 Å². The predicted octanol–water partition coefficient (Wildman–Crippen LogP) is 7.51. The lowest BCUT2D eigenvalue weighted by molar-refractivity contribution is -0.134. The first-order valence-electron chi connectivity index (χ1n) is 15.7. The van der Waals surface area contributed by atoms with Crippen molar-refractivity contribution in [1.29, 1.82) is 0 Å². The van der Waals surface area contributed by atoms with Crippen LogP contribution in [0.4, 0.5) is 0 Å². The maximum Gasteiger partial charge on any atom is 0.311 e. The van der Waals surface area contributed by atoms with Crippen molar-refractivity contribution in [3.8, 4) is 17.2 Å². The number of aromatic nitrogens is 4. The van der Waals surface area contributed by atoms with E-state index in [0.29, 0.717) is 42.8 Å². The molecular weight excluding hydrogens is 604 g/mol. The number of halogens is 1. The Hall–Kier alpha value is -4.34. The summed E-state index contributed by atoms with van der Waals surface area (Å²) in [6.07, 6.45) is 7.86. The third-order valence-corrected chi connectivity index (χ3v) is 8.92. The Kier molecular flexibility index (Phi) is 10.2. The fourth-order valence-electron chi connectivity index (χ4n) is 6.39. The summed E-state index contributed by atoms with van der Waals surface area (Å²) in [6.45, 7) is 1.78. The molecule has 0 aliphatic heterocycles. The SMILES string of the molecule is COCc1ccc(OC(=O)CCC2CCc3c([nH]c4ccc(Cl)cc34)C(c3ccc(OCCCn4cncn4)c(OC)c3)C2)cc1. The highest BCUT2D eigenvalue weighted by Crippen LogP contribution is 2.44. The van der Waals surface area contributed by atoms with Gasteiger partial charge in [0.05, 0.1) is 20.3 Å². The summed E-state index contributed by atoms with van der Waals surface area (Å²) in [5.41, 5.74) is 5.73. The van der Waals surface area contributed by atoms with Gasteiger partial charge >= 0.3 is 5.97 Å². The third-order valence-electron chi connectivity index (χ3n) is 8.69. The number of ether oxygens (including phenoxy) is 4. The van der Waals surface area contributed by atoms with Crippen molar-refractivity contribution in [2.45, 2.75) is 57.6 Å². The van der Waals surface area contributed by atoms with Crippen LogP contribution in [-0.2, 0) is 29.1 Å². The van der Waals surface area contributed by atoms with Crippen molar-refractivity contribution in [3.05, 3.63) is 101 Å². The van der Waals surface area contributed by atoms with Gasteiger partial charge in [-0.3, -0.25) is 9.48 Å². The molecule has 1 N–H and O–H groups in total. The lowest BCUT2D eigenvalue weighted by atomic mass is 9.85. The number of hydrogen-bond acceptors (Lipinski definition) is 7. The van der Waals surface area contributed by atoms with Gasteiger partial charge in [0.25, 0.3) is 0 Å². The molecule has 6 rings (SSSR count). The standard InChI is InChI=1S/C36H39ClN4O5/c1-43-21-25-4-10-28(11-5-25)46-35(42)15-7-24-6-12-29-31-20-27(37)9-13-32(31)40-36(29)30(18-24)26-8-14-33(34(19-26)44-2)45-17-3-16-41-23-38-22-39-41/h4-5,8-11,13-14,19-20,22-24,30,40H,3,6-7,12,15-18,21H2,1-2H3. The van der Waals surface area contributed by atoms with Crippen LogP contribution in [0.5, 0.6) is 17.2 Å². The van der Waals surface area contributed by atoms with Crippen LogP contribution in [-0.4, -0.2) is 46.5 Å². The van der Waals surface area contributed by atoms with Crippen LogP contribution < -0.4 is 14.2 Å². The quantitative estimate of drug-likeness (QED) is 0.0614. The molecular formula is C36H39ClN4O5. The zero-order chi connectivity index (χ0) is 31.9. The lowest BCUT2D eigenvalue weighted by Gasteiger charge is -2.22. The summed E-state index contributed by atoms with van der Waals surface area (Å²) in [7, 11) is 3.33. The molecule has 0 saturated heterocycles. The molecule has 0 saturated carbocycles. The Labute approximate surface area is 273 Å². The molecule has 2 heterocycles. The fraction of sp³-hybridized carbons (Fsp3) is 0.361. The highest BCUT2D eigenvalue weighted by atomic mass is 35.5. The number of carbonyl (C=O) groups is 1. The lowest BCUT2D eigenvalue weighted by Crippen LogP contribution is -2.13. The number of H-pyrrole nitrogens is 1. The predicted molar refractivity (Wildman–Crippen MR) is 177 cm³/mol. The largest absolute Gasteiger partial charge is 0.493 e. The second-order valence-corrected chi connectivity index (χ2v) is 12.2. The number of rotatable bonds is 13. The van der Waals surface area contributed by atoms with E-state index in [1.165, 1.54) is 17.6 Å². The van der Waals surface area contributed by atoms with Crippen LogP contribution in [0.2, 0.25) is 5.02 Å². The van der Waals surface area contributed by atoms with Crippen molar-refractivity contribution >= 4 is 28.5 Å². The molecule has 0 amide bonds. The zero-order valence-electron chi connectivity index (χ0n) is 26.2. The van der Waals surface area contributed by atoms with Crippen LogP contribution in [0.15, 0.2) is 73.3 Å². The van der Waals surface area contributed by atoms with E-state index in [2.05, 4.69) is 39.3 Å². The van der Waals surface area contributed by atoms with E-state index in [-0.39, 0.29) is 11.9 Å². The van der Waals surface area contributed by atoms with Crippen molar-refractivity contribution in [2.75, 3.05) is 20.8 Å². The fourth-order valence-corrected chi connectivity index (χ4v) is 6.56. The minimum absolute atomic E-state index is 0.0771. The van der Waals surface area contributed by atoms with Crippen LogP contribution >= 0.6 is 11.6 Å². The van der Waals surface area contributed by atoms with Crippen molar-refractivity contribution < 1.29 is 23.7 Å². The summed E-state index contributed by atoms with van der Waals surface area (Å²) in [5.74, 6) is 2.12. The normalized spacial score (nSPS) is 16.2. The van der Waals surface area contributed by atoms with Crippen molar-refractivity contribution in [3.63, 3.8) is 0 Å². The van der Waals surface area contributed by atoms with E-state index in [1.807, 2.05) is 36.4 Å². The molecule has 46 heavy (non-hydrogen) atoms. The smallest absolute Gasteiger partial charge is 0.311 e. The molecule has 1 aliphatic carbocycles. The minimum atomic E-state index is -0.219. The maximum atomic E-state index is 12.9. The Bertz CT molecular complexity index is 1750. The molecule has 2 atom stereocenters. The average molecular weight is 643 g/mol. The van der Waals surface area contributed by atoms with Crippen LogP contribution in [0.25, 0.3) is 10.9 Å². The Morgan fingerprint density at radius 3 is 2.72 bits per heavy atom. The Morgan fingerprint density at radius 2 is 1.93 bits per heavy atom. The number of carbonyl (C=O) groups excluding carboxylic acids is 1. The van der Waals surface area contributed by atoms with Gasteiger partial charge in [-0.2, -0.15) is 5.10 Å². The highest BCUT2D eigenvalue weighted by molar-refractivity contribution is 6.31. The second-order valence-electron chi connectivity index (χ2n) is 11.8. The summed E-state index contributed by atoms with van der Waals surface area (Å²) in [6, 6.07) is 19.7. The third kappa shape index (κ3) is 7.54. The Balaban J connectivity index is 1.18.